The minimum Gasteiger partial charge on any atom is -0.309 e. The zero-order chi connectivity index (χ0) is 18.6. The first kappa shape index (κ1) is 18.1. The molecule has 4 aromatic rings. The predicted molar refractivity (Wildman–Crippen MR) is 115 cm³/mol. The van der Waals surface area contributed by atoms with Gasteiger partial charge in [0.25, 0.3) is 5.56 Å². The molecule has 0 amide bonds. The van der Waals surface area contributed by atoms with Crippen molar-refractivity contribution >= 4 is 32.9 Å². The first-order valence-electron chi connectivity index (χ1n) is 9.05. The van der Waals surface area contributed by atoms with Gasteiger partial charge in [0.15, 0.2) is 0 Å². The standard InChI is InChI=1S/C21H21N3OS2/c1-14(22-11-5-9-15-7-3-2-4-8-15)19-23-20(25)18-16(13-27-21(18)24-19)17-10-6-12-26-17/h2-4,6-8,10,12-14,22H,5,9,11H2,1H3,(H,23,24,25)/t14-/m0/s1. The van der Waals surface area contributed by atoms with Gasteiger partial charge in [-0.3, -0.25) is 4.79 Å². The van der Waals surface area contributed by atoms with Crippen LogP contribution in [0.25, 0.3) is 20.7 Å². The fourth-order valence-corrected chi connectivity index (χ4v) is 4.91. The number of benzene rings is 1. The molecule has 2 N–H and O–H groups in total. The van der Waals surface area contributed by atoms with E-state index in [4.69, 9.17) is 4.98 Å². The van der Waals surface area contributed by atoms with Crippen LogP contribution in [0.1, 0.15) is 30.8 Å². The number of rotatable bonds is 7. The van der Waals surface area contributed by atoms with Crippen LogP contribution in [0.3, 0.4) is 0 Å². The van der Waals surface area contributed by atoms with Gasteiger partial charge >= 0.3 is 0 Å². The summed E-state index contributed by atoms with van der Waals surface area (Å²) < 4.78 is 0. The molecule has 3 aromatic heterocycles. The Kier molecular flexibility index (Phi) is 5.48. The summed E-state index contributed by atoms with van der Waals surface area (Å²) in [4.78, 5) is 22.3. The van der Waals surface area contributed by atoms with Crippen LogP contribution in [0.15, 0.2) is 58.0 Å². The van der Waals surface area contributed by atoms with Gasteiger partial charge in [-0.05, 0) is 43.3 Å². The molecule has 0 fully saturated rings. The summed E-state index contributed by atoms with van der Waals surface area (Å²) in [5, 5.41) is 8.22. The van der Waals surface area contributed by atoms with E-state index in [9.17, 15) is 4.79 Å². The van der Waals surface area contributed by atoms with E-state index in [1.807, 2.05) is 35.9 Å². The molecule has 3 heterocycles. The number of H-pyrrole nitrogens is 1. The zero-order valence-electron chi connectivity index (χ0n) is 15.1. The van der Waals surface area contributed by atoms with Gasteiger partial charge in [-0.1, -0.05) is 36.4 Å². The summed E-state index contributed by atoms with van der Waals surface area (Å²) in [6.07, 6.45) is 2.08. The van der Waals surface area contributed by atoms with Crippen LogP contribution in [-0.4, -0.2) is 16.5 Å². The van der Waals surface area contributed by atoms with E-state index in [0.717, 1.165) is 34.7 Å². The molecule has 0 spiro atoms. The third-order valence-corrected chi connectivity index (χ3v) is 6.37. The SMILES string of the molecule is C[C@H](NCCCc1ccccc1)c1nc2scc(-c3cccs3)c2c(=O)[nH]1. The van der Waals surface area contributed by atoms with Crippen LogP contribution in [-0.2, 0) is 6.42 Å². The highest BCUT2D eigenvalue weighted by atomic mass is 32.1. The van der Waals surface area contributed by atoms with Gasteiger partial charge in [0, 0.05) is 15.8 Å². The Balaban J connectivity index is 1.45. The number of hydrogen-bond acceptors (Lipinski definition) is 5. The maximum Gasteiger partial charge on any atom is 0.260 e. The van der Waals surface area contributed by atoms with Gasteiger partial charge in [-0.2, -0.15) is 0 Å². The molecule has 27 heavy (non-hydrogen) atoms. The molecular formula is C21H21N3OS2. The lowest BCUT2D eigenvalue weighted by Gasteiger charge is -2.13. The summed E-state index contributed by atoms with van der Waals surface area (Å²) >= 11 is 3.17. The molecule has 4 nitrogen and oxygen atoms in total. The topological polar surface area (TPSA) is 57.8 Å². The van der Waals surface area contributed by atoms with Crippen molar-refractivity contribution in [2.45, 2.75) is 25.8 Å². The maximum atomic E-state index is 12.7. The second kappa shape index (κ2) is 8.17. The Morgan fingerprint density at radius 3 is 2.78 bits per heavy atom. The lowest BCUT2D eigenvalue weighted by molar-refractivity contribution is 0.535. The molecule has 6 heteroatoms. The quantitative estimate of drug-likeness (QED) is 0.433. The fourth-order valence-electron chi connectivity index (χ4n) is 3.14. The van der Waals surface area contributed by atoms with Crippen molar-refractivity contribution in [3.63, 3.8) is 0 Å². The van der Waals surface area contributed by atoms with Crippen molar-refractivity contribution in [1.29, 1.82) is 0 Å². The Bertz CT molecular complexity index is 1070. The van der Waals surface area contributed by atoms with Crippen LogP contribution in [0.5, 0.6) is 0 Å². The third-order valence-electron chi connectivity index (χ3n) is 4.59. The number of fused-ring (bicyclic) bond motifs is 1. The number of aromatic nitrogens is 2. The number of aromatic amines is 1. The van der Waals surface area contributed by atoms with Crippen LogP contribution < -0.4 is 10.9 Å². The highest BCUT2D eigenvalue weighted by Gasteiger charge is 2.16. The van der Waals surface area contributed by atoms with E-state index in [1.165, 1.54) is 16.9 Å². The molecule has 0 saturated heterocycles. The minimum absolute atomic E-state index is 0.00478. The summed E-state index contributed by atoms with van der Waals surface area (Å²) in [6.45, 7) is 2.92. The first-order chi connectivity index (χ1) is 13.2. The predicted octanol–water partition coefficient (Wildman–Crippen LogP) is 5.00. The van der Waals surface area contributed by atoms with Gasteiger partial charge in [-0.25, -0.2) is 4.98 Å². The summed E-state index contributed by atoms with van der Waals surface area (Å²) in [6, 6.07) is 14.5. The van der Waals surface area contributed by atoms with E-state index >= 15 is 0 Å². The van der Waals surface area contributed by atoms with Crippen LogP contribution in [0.2, 0.25) is 0 Å². The highest BCUT2D eigenvalue weighted by Crippen LogP contribution is 2.33. The Labute approximate surface area is 165 Å². The number of thiophene rings is 2. The molecule has 1 aromatic carbocycles. The van der Waals surface area contributed by atoms with E-state index in [0.29, 0.717) is 11.2 Å². The second-order valence-corrected chi connectivity index (χ2v) is 8.33. The average molecular weight is 396 g/mol. The minimum atomic E-state index is -0.0578. The normalized spacial score (nSPS) is 12.5. The van der Waals surface area contributed by atoms with Crippen molar-refractivity contribution in [1.82, 2.24) is 15.3 Å². The van der Waals surface area contributed by atoms with Crippen molar-refractivity contribution in [3.8, 4) is 10.4 Å². The lowest BCUT2D eigenvalue weighted by atomic mass is 10.1. The molecule has 4 rings (SSSR count). The van der Waals surface area contributed by atoms with E-state index in [-0.39, 0.29) is 11.6 Å². The van der Waals surface area contributed by atoms with Crippen molar-refractivity contribution < 1.29 is 0 Å². The first-order valence-corrected chi connectivity index (χ1v) is 10.8. The van der Waals surface area contributed by atoms with Crippen LogP contribution in [0.4, 0.5) is 0 Å². The zero-order valence-corrected chi connectivity index (χ0v) is 16.7. The Morgan fingerprint density at radius 1 is 1.15 bits per heavy atom. The number of nitrogens with zero attached hydrogens (tertiary/aromatic N) is 1. The molecule has 0 unspecified atom stereocenters. The van der Waals surface area contributed by atoms with Crippen molar-refractivity contribution in [2.75, 3.05) is 6.54 Å². The monoisotopic (exact) mass is 395 g/mol. The van der Waals surface area contributed by atoms with E-state index in [1.54, 1.807) is 11.3 Å². The van der Waals surface area contributed by atoms with Gasteiger partial charge in [0.2, 0.25) is 0 Å². The molecule has 0 aliphatic heterocycles. The fraction of sp³-hybridized carbons (Fsp3) is 0.238. The smallest absolute Gasteiger partial charge is 0.260 e. The molecule has 138 valence electrons. The van der Waals surface area contributed by atoms with Gasteiger partial charge in [0.1, 0.15) is 10.7 Å². The largest absolute Gasteiger partial charge is 0.309 e. The highest BCUT2D eigenvalue weighted by molar-refractivity contribution is 7.18. The van der Waals surface area contributed by atoms with Gasteiger partial charge in [0.05, 0.1) is 11.4 Å². The second-order valence-electron chi connectivity index (χ2n) is 6.52. The number of hydrogen-bond donors (Lipinski definition) is 2. The van der Waals surface area contributed by atoms with E-state index < -0.39 is 0 Å². The van der Waals surface area contributed by atoms with Crippen molar-refractivity contribution in [2.24, 2.45) is 0 Å². The number of nitrogens with one attached hydrogen (secondary N) is 2. The van der Waals surface area contributed by atoms with E-state index in [2.05, 4.69) is 34.6 Å². The van der Waals surface area contributed by atoms with Crippen molar-refractivity contribution in [3.05, 3.63) is 75.0 Å². The van der Waals surface area contributed by atoms with Gasteiger partial charge in [-0.15, -0.1) is 22.7 Å². The molecule has 1 atom stereocenters. The lowest BCUT2D eigenvalue weighted by Crippen LogP contribution is -2.24. The number of aryl methyl sites for hydroxylation is 1. The molecule has 0 bridgehead atoms. The molecular weight excluding hydrogens is 374 g/mol. The van der Waals surface area contributed by atoms with Crippen LogP contribution >= 0.6 is 22.7 Å². The molecule has 0 radical (unpaired) electrons. The maximum absolute atomic E-state index is 12.7. The summed E-state index contributed by atoms with van der Waals surface area (Å²) in [5.74, 6) is 0.701. The molecule has 0 saturated carbocycles. The Morgan fingerprint density at radius 2 is 2.00 bits per heavy atom. The average Bonchev–Trinajstić information content (AvgIpc) is 3.35. The Hall–Kier alpha value is -2.28. The molecule has 0 aliphatic rings. The van der Waals surface area contributed by atoms with Gasteiger partial charge < -0.3 is 10.3 Å². The summed E-state index contributed by atoms with van der Waals surface area (Å²) in [5.41, 5.74) is 2.27. The van der Waals surface area contributed by atoms with Crippen LogP contribution in [0, 0.1) is 0 Å². The third kappa shape index (κ3) is 4.03. The molecule has 0 aliphatic carbocycles. The summed E-state index contributed by atoms with van der Waals surface area (Å²) in [7, 11) is 0.